The highest BCUT2D eigenvalue weighted by Gasteiger charge is 2.23. The minimum atomic E-state index is -0.813. The Morgan fingerprint density at radius 2 is 2.12 bits per heavy atom. The number of H-pyrrole nitrogens is 1. The highest BCUT2D eigenvalue weighted by Crippen LogP contribution is 2.36. The van der Waals surface area contributed by atoms with E-state index in [2.05, 4.69) is 9.97 Å². The number of primary amides is 1. The normalized spacial score (nSPS) is 13.1. The van der Waals surface area contributed by atoms with E-state index in [1.165, 1.54) is 12.1 Å². The van der Waals surface area contributed by atoms with E-state index in [0.717, 1.165) is 12.1 Å². The van der Waals surface area contributed by atoms with Crippen LogP contribution in [0, 0.1) is 18.6 Å². The minimum Gasteiger partial charge on any atom is -0.488 e. The Morgan fingerprint density at radius 3 is 2.88 bits per heavy atom. The van der Waals surface area contributed by atoms with Crippen molar-refractivity contribution in [3.05, 3.63) is 58.9 Å². The fraction of sp³-hybridized carbons (Fsp3) is 0.111. The zero-order valence-corrected chi connectivity index (χ0v) is 13.6. The second kappa shape index (κ2) is 5.83. The zero-order valence-electron chi connectivity index (χ0n) is 13.6. The molecule has 0 saturated carbocycles. The van der Waals surface area contributed by atoms with E-state index in [1.54, 1.807) is 13.0 Å². The summed E-state index contributed by atoms with van der Waals surface area (Å²) in [6.45, 7) is 1.84. The van der Waals surface area contributed by atoms with Crippen molar-refractivity contribution in [1.82, 2.24) is 9.97 Å². The number of carbonyl (C=O) groups excluding carboxylic acids is 1. The third-order valence-corrected chi connectivity index (χ3v) is 3.95. The number of ether oxygens (including phenoxy) is 2. The topological polar surface area (TPSA) is 90.2 Å². The molecule has 3 aromatic rings. The number of carbonyl (C=O) groups is 1. The standard InChI is InChI=1S/C18H13F2N3O3/c1-8-22-12-4-9(18(21)24)5-15(17(12)23-8)26-13-2-3-25-14-7-10(19)6-11(20)16(13)14/h2,4-7H,3H2,1H3,(H2,21,24)(H,22,23). The van der Waals surface area contributed by atoms with Crippen LogP contribution in [0.2, 0.25) is 0 Å². The maximum atomic E-state index is 14.3. The van der Waals surface area contributed by atoms with Crippen LogP contribution < -0.4 is 15.2 Å². The van der Waals surface area contributed by atoms with Crippen LogP contribution in [-0.2, 0) is 0 Å². The van der Waals surface area contributed by atoms with Crippen molar-refractivity contribution in [2.75, 3.05) is 6.61 Å². The van der Waals surface area contributed by atoms with Gasteiger partial charge in [-0.3, -0.25) is 4.79 Å². The first-order chi connectivity index (χ1) is 12.4. The van der Waals surface area contributed by atoms with Gasteiger partial charge >= 0.3 is 0 Å². The number of nitrogens with one attached hydrogen (secondary N) is 1. The number of imidazole rings is 1. The second-order valence-corrected chi connectivity index (χ2v) is 5.80. The van der Waals surface area contributed by atoms with Gasteiger partial charge in [-0.1, -0.05) is 0 Å². The molecule has 0 spiro atoms. The number of halogens is 2. The molecule has 6 nitrogen and oxygen atoms in total. The first-order valence-electron chi connectivity index (χ1n) is 7.73. The smallest absolute Gasteiger partial charge is 0.248 e. The molecule has 3 N–H and O–H groups in total. The Bertz CT molecular complexity index is 1090. The van der Waals surface area contributed by atoms with Gasteiger partial charge in [-0.25, -0.2) is 13.8 Å². The average molecular weight is 357 g/mol. The fourth-order valence-electron chi connectivity index (χ4n) is 2.85. The molecule has 0 fully saturated rings. The molecule has 0 aliphatic carbocycles. The number of nitrogens with two attached hydrogens (primary N) is 1. The van der Waals surface area contributed by atoms with Crippen molar-refractivity contribution >= 4 is 22.7 Å². The van der Waals surface area contributed by atoms with Crippen LogP contribution in [0.5, 0.6) is 11.5 Å². The van der Waals surface area contributed by atoms with E-state index < -0.39 is 17.5 Å². The van der Waals surface area contributed by atoms with E-state index >= 15 is 0 Å². The van der Waals surface area contributed by atoms with Crippen LogP contribution in [0.4, 0.5) is 8.78 Å². The lowest BCUT2D eigenvalue weighted by molar-refractivity contribution is 0.1000. The van der Waals surface area contributed by atoms with Crippen LogP contribution >= 0.6 is 0 Å². The number of fused-ring (bicyclic) bond motifs is 2. The predicted octanol–water partition coefficient (Wildman–Crippen LogP) is 3.06. The summed E-state index contributed by atoms with van der Waals surface area (Å²) in [4.78, 5) is 18.9. The molecule has 0 radical (unpaired) electrons. The molecule has 1 amide bonds. The molecule has 4 rings (SSSR count). The molecule has 0 unspecified atom stereocenters. The van der Waals surface area contributed by atoms with Gasteiger partial charge in [-0.2, -0.15) is 0 Å². The molecule has 0 bridgehead atoms. The minimum absolute atomic E-state index is 0.00235. The molecule has 132 valence electrons. The lowest BCUT2D eigenvalue weighted by Gasteiger charge is -2.20. The molecule has 26 heavy (non-hydrogen) atoms. The highest BCUT2D eigenvalue weighted by molar-refractivity contribution is 5.98. The molecular weight excluding hydrogens is 344 g/mol. The molecule has 1 aromatic heterocycles. The second-order valence-electron chi connectivity index (χ2n) is 5.80. The Hall–Kier alpha value is -3.42. The summed E-state index contributed by atoms with van der Waals surface area (Å²) in [6.07, 6.45) is 1.52. The number of aryl methyl sites for hydroxylation is 1. The number of amides is 1. The summed E-state index contributed by atoms with van der Waals surface area (Å²) in [6, 6.07) is 4.83. The number of aromatic nitrogens is 2. The first kappa shape index (κ1) is 16.1. The molecule has 1 aliphatic rings. The summed E-state index contributed by atoms with van der Waals surface area (Å²) in [7, 11) is 0. The van der Waals surface area contributed by atoms with Crippen LogP contribution in [0.15, 0.2) is 30.3 Å². The lowest BCUT2D eigenvalue weighted by Crippen LogP contribution is -2.13. The average Bonchev–Trinajstić information content (AvgIpc) is 2.94. The van der Waals surface area contributed by atoms with Gasteiger partial charge in [0.2, 0.25) is 5.91 Å². The van der Waals surface area contributed by atoms with Gasteiger partial charge < -0.3 is 20.2 Å². The van der Waals surface area contributed by atoms with Crippen molar-refractivity contribution in [1.29, 1.82) is 0 Å². The van der Waals surface area contributed by atoms with Crippen LogP contribution in [0.1, 0.15) is 21.7 Å². The number of benzene rings is 2. The number of nitrogens with zero attached hydrogens (tertiary/aromatic N) is 1. The quantitative estimate of drug-likeness (QED) is 0.754. The number of hydrogen-bond acceptors (Lipinski definition) is 4. The van der Waals surface area contributed by atoms with Crippen LogP contribution in [0.3, 0.4) is 0 Å². The Kier molecular flexibility index (Phi) is 3.61. The first-order valence-corrected chi connectivity index (χ1v) is 7.73. The van der Waals surface area contributed by atoms with Gasteiger partial charge in [0.1, 0.15) is 41.1 Å². The molecule has 2 aromatic carbocycles. The van der Waals surface area contributed by atoms with Crippen molar-refractivity contribution in [3.8, 4) is 11.5 Å². The van der Waals surface area contributed by atoms with Gasteiger partial charge in [0.15, 0.2) is 5.75 Å². The van der Waals surface area contributed by atoms with E-state index in [-0.39, 0.29) is 35.0 Å². The van der Waals surface area contributed by atoms with E-state index in [0.29, 0.717) is 16.9 Å². The van der Waals surface area contributed by atoms with E-state index in [9.17, 15) is 13.6 Å². The summed E-state index contributed by atoms with van der Waals surface area (Å²) < 4.78 is 38.8. The lowest BCUT2D eigenvalue weighted by atomic mass is 10.1. The molecular formula is C18H13F2N3O3. The molecule has 2 heterocycles. The summed E-state index contributed by atoms with van der Waals surface area (Å²) in [5.74, 6) is -1.18. The van der Waals surface area contributed by atoms with Crippen LogP contribution in [0.25, 0.3) is 16.8 Å². The fourth-order valence-corrected chi connectivity index (χ4v) is 2.85. The third kappa shape index (κ3) is 2.65. The summed E-state index contributed by atoms with van der Waals surface area (Å²) in [5, 5.41) is 0. The van der Waals surface area contributed by atoms with Gasteiger partial charge in [-0.15, -0.1) is 0 Å². The maximum absolute atomic E-state index is 14.3. The number of hydrogen-bond donors (Lipinski definition) is 2. The van der Waals surface area contributed by atoms with Crippen LogP contribution in [-0.4, -0.2) is 22.5 Å². The summed E-state index contributed by atoms with van der Waals surface area (Å²) in [5.41, 5.74) is 6.60. The van der Waals surface area contributed by atoms with Gasteiger partial charge in [0, 0.05) is 17.7 Å². The molecule has 0 atom stereocenters. The van der Waals surface area contributed by atoms with E-state index in [1.807, 2.05) is 0 Å². The summed E-state index contributed by atoms with van der Waals surface area (Å²) >= 11 is 0. The van der Waals surface area contributed by atoms with Gasteiger partial charge in [0.05, 0.1) is 11.1 Å². The third-order valence-electron chi connectivity index (χ3n) is 3.95. The molecule has 0 saturated heterocycles. The van der Waals surface area contributed by atoms with Crippen molar-refractivity contribution in [3.63, 3.8) is 0 Å². The van der Waals surface area contributed by atoms with Crippen molar-refractivity contribution in [2.45, 2.75) is 6.92 Å². The predicted molar refractivity (Wildman–Crippen MR) is 89.8 cm³/mol. The highest BCUT2D eigenvalue weighted by atomic mass is 19.1. The Labute approximate surface area is 146 Å². The van der Waals surface area contributed by atoms with E-state index in [4.69, 9.17) is 15.2 Å². The zero-order chi connectivity index (χ0) is 18.4. The van der Waals surface area contributed by atoms with Gasteiger partial charge in [0.25, 0.3) is 0 Å². The number of aromatic amines is 1. The molecule has 8 heteroatoms. The van der Waals surface area contributed by atoms with Crippen molar-refractivity contribution in [2.24, 2.45) is 5.73 Å². The maximum Gasteiger partial charge on any atom is 0.248 e. The van der Waals surface area contributed by atoms with Crippen molar-refractivity contribution < 1.29 is 23.0 Å². The Morgan fingerprint density at radius 1 is 1.31 bits per heavy atom. The van der Waals surface area contributed by atoms with Gasteiger partial charge in [-0.05, 0) is 25.1 Å². The monoisotopic (exact) mass is 357 g/mol. The molecule has 1 aliphatic heterocycles. The Balaban J connectivity index is 1.84. The largest absolute Gasteiger partial charge is 0.488 e. The number of rotatable bonds is 3. The SMILES string of the molecule is Cc1nc2c(OC3=CCOc4cc(F)cc(F)c43)cc(C(N)=O)cc2[nH]1.